The smallest absolute Gasteiger partial charge is 0.133 e. The number of nitrogens with zero attached hydrogens (tertiary/aromatic N) is 2. The number of rotatable bonds is 5. The van der Waals surface area contributed by atoms with Crippen LogP contribution in [0.4, 0.5) is 5.82 Å². The van der Waals surface area contributed by atoms with Gasteiger partial charge in [-0.3, -0.25) is 0 Å². The maximum absolute atomic E-state index is 6.02. The number of aromatic nitrogens is 1. The first-order chi connectivity index (χ1) is 8.22. The lowest BCUT2D eigenvalue weighted by Gasteiger charge is -2.33. The van der Waals surface area contributed by atoms with Gasteiger partial charge in [-0.2, -0.15) is 0 Å². The van der Waals surface area contributed by atoms with Gasteiger partial charge in [0.1, 0.15) is 5.82 Å². The fourth-order valence-electron chi connectivity index (χ4n) is 2.38. The molecule has 1 aliphatic carbocycles. The van der Waals surface area contributed by atoms with Crippen LogP contribution in [0.25, 0.3) is 0 Å². The summed E-state index contributed by atoms with van der Waals surface area (Å²) in [6.45, 7) is 6.36. The van der Waals surface area contributed by atoms with Crippen LogP contribution >= 0.6 is 0 Å². The topological polar surface area (TPSA) is 42.2 Å². The van der Waals surface area contributed by atoms with E-state index in [0.29, 0.717) is 0 Å². The summed E-state index contributed by atoms with van der Waals surface area (Å²) in [5.74, 6) is 1.94. The van der Waals surface area contributed by atoms with Gasteiger partial charge in [0, 0.05) is 30.9 Å². The van der Waals surface area contributed by atoms with Gasteiger partial charge in [-0.1, -0.05) is 12.5 Å². The molecule has 0 unspecified atom stereocenters. The second kappa shape index (κ2) is 5.50. The first-order valence-corrected chi connectivity index (χ1v) is 6.67. The van der Waals surface area contributed by atoms with E-state index in [1.165, 1.54) is 19.3 Å². The van der Waals surface area contributed by atoms with Crippen molar-refractivity contribution in [3.63, 3.8) is 0 Å². The maximum Gasteiger partial charge on any atom is 0.133 e. The van der Waals surface area contributed by atoms with Gasteiger partial charge in [0.2, 0.25) is 0 Å². The molecule has 1 heterocycles. The summed E-state index contributed by atoms with van der Waals surface area (Å²) in [4.78, 5) is 6.91. The van der Waals surface area contributed by atoms with E-state index in [-0.39, 0.29) is 6.04 Å². The van der Waals surface area contributed by atoms with Gasteiger partial charge in [-0.15, -0.1) is 0 Å². The maximum atomic E-state index is 6.02. The molecule has 0 saturated heterocycles. The molecular formula is C14H23N3. The molecule has 17 heavy (non-hydrogen) atoms. The highest BCUT2D eigenvalue weighted by molar-refractivity contribution is 5.48. The van der Waals surface area contributed by atoms with E-state index in [9.17, 15) is 0 Å². The molecule has 1 aliphatic rings. The van der Waals surface area contributed by atoms with Crippen LogP contribution in [0.15, 0.2) is 18.3 Å². The van der Waals surface area contributed by atoms with Crippen molar-refractivity contribution in [2.75, 3.05) is 18.0 Å². The van der Waals surface area contributed by atoms with E-state index in [0.717, 1.165) is 30.4 Å². The third kappa shape index (κ3) is 2.78. The number of hydrogen-bond acceptors (Lipinski definition) is 3. The van der Waals surface area contributed by atoms with E-state index in [1.54, 1.807) is 0 Å². The second-order valence-electron chi connectivity index (χ2n) is 5.04. The Hall–Kier alpha value is -1.09. The van der Waals surface area contributed by atoms with Crippen molar-refractivity contribution < 1.29 is 0 Å². The second-order valence-corrected chi connectivity index (χ2v) is 5.04. The molecule has 0 radical (unpaired) electrons. The molecule has 0 aromatic carbocycles. The molecule has 1 aromatic heterocycles. The number of pyridine rings is 1. The Morgan fingerprint density at radius 1 is 1.53 bits per heavy atom. The van der Waals surface area contributed by atoms with Crippen LogP contribution in [0.1, 0.15) is 44.7 Å². The molecule has 2 rings (SSSR count). The molecule has 0 aliphatic heterocycles. The number of anilines is 1. The van der Waals surface area contributed by atoms with Crippen LogP contribution in [0.5, 0.6) is 0 Å². The first-order valence-electron chi connectivity index (χ1n) is 6.67. The summed E-state index contributed by atoms with van der Waals surface area (Å²) in [5, 5.41) is 0. The Kier molecular flexibility index (Phi) is 4.00. The molecule has 3 nitrogen and oxygen atoms in total. The Morgan fingerprint density at radius 3 is 2.82 bits per heavy atom. The molecule has 1 saturated carbocycles. The highest BCUT2D eigenvalue weighted by Gasteiger charge is 2.22. The largest absolute Gasteiger partial charge is 0.356 e. The number of nitrogens with two attached hydrogens (primary N) is 1. The first kappa shape index (κ1) is 12.4. The van der Waals surface area contributed by atoms with Crippen LogP contribution in [0, 0.1) is 5.92 Å². The molecule has 1 atom stereocenters. The summed E-state index contributed by atoms with van der Waals surface area (Å²) in [7, 11) is 0. The summed E-state index contributed by atoms with van der Waals surface area (Å²) in [5.41, 5.74) is 7.18. The van der Waals surface area contributed by atoms with Crippen LogP contribution < -0.4 is 10.6 Å². The molecule has 1 fully saturated rings. The van der Waals surface area contributed by atoms with Crippen molar-refractivity contribution in [3.05, 3.63) is 23.9 Å². The minimum absolute atomic E-state index is 0.0501. The molecule has 1 aromatic rings. The van der Waals surface area contributed by atoms with Crippen LogP contribution in [-0.2, 0) is 0 Å². The lowest BCUT2D eigenvalue weighted by Crippen LogP contribution is -2.34. The van der Waals surface area contributed by atoms with Gasteiger partial charge in [0.25, 0.3) is 0 Å². The summed E-state index contributed by atoms with van der Waals surface area (Å²) < 4.78 is 0. The van der Waals surface area contributed by atoms with Crippen molar-refractivity contribution in [2.24, 2.45) is 11.7 Å². The summed E-state index contributed by atoms with van der Waals surface area (Å²) in [6, 6.07) is 4.12. The third-order valence-corrected chi connectivity index (χ3v) is 3.69. The van der Waals surface area contributed by atoms with Crippen molar-refractivity contribution in [1.82, 2.24) is 4.98 Å². The van der Waals surface area contributed by atoms with Crippen LogP contribution in [0.3, 0.4) is 0 Å². The van der Waals surface area contributed by atoms with Crippen molar-refractivity contribution >= 4 is 5.82 Å². The Labute approximate surface area is 104 Å². The van der Waals surface area contributed by atoms with Gasteiger partial charge < -0.3 is 10.6 Å². The fraction of sp³-hybridized carbons (Fsp3) is 0.643. The molecule has 0 spiro atoms. The van der Waals surface area contributed by atoms with Crippen molar-refractivity contribution in [2.45, 2.75) is 39.2 Å². The lowest BCUT2D eigenvalue weighted by molar-refractivity contribution is 0.318. The Bertz CT molecular complexity index is 358. The van der Waals surface area contributed by atoms with Gasteiger partial charge >= 0.3 is 0 Å². The van der Waals surface area contributed by atoms with Crippen LogP contribution in [-0.4, -0.2) is 18.1 Å². The van der Waals surface area contributed by atoms with Crippen molar-refractivity contribution in [3.8, 4) is 0 Å². The zero-order chi connectivity index (χ0) is 12.3. The fourth-order valence-corrected chi connectivity index (χ4v) is 2.38. The van der Waals surface area contributed by atoms with Crippen molar-refractivity contribution in [1.29, 1.82) is 0 Å². The molecule has 94 valence electrons. The standard InChI is InChI=1S/C14H23N3/c1-3-17(10-12-6-4-7-12)14-13(11(2)15)8-5-9-16-14/h5,8-9,11-12H,3-4,6-7,10,15H2,1-2H3/t11-/m0/s1. The van der Waals surface area contributed by atoms with Gasteiger partial charge in [0.15, 0.2) is 0 Å². The van der Waals surface area contributed by atoms with Crippen LogP contribution in [0.2, 0.25) is 0 Å². The monoisotopic (exact) mass is 233 g/mol. The average molecular weight is 233 g/mol. The normalized spacial score (nSPS) is 17.6. The quantitative estimate of drug-likeness (QED) is 0.850. The summed E-state index contributed by atoms with van der Waals surface area (Å²) >= 11 is 0. The zero-order valence-electron chi connectivity index (χ0n) is 10.9. The minimum Gasteiger partial charge on any atom is -0.356 e. The van der Waals surface area contributed by atoms with Gasteiger partial charge in [-0.05, 0) is 38.7 Å². The van der Waals surface area contributed by atoms with E-state index >= 15 is 0 Å². The van der Waals surface area contributed by atoms with E-state index in [4.69, 9.17) is 5.73 Å². The minimum atomic E-state index is 0.0501. The van der Waals surface area contributed by atoms with Gasteiger partial charge in [0.05, 0.1) is 0 Å². The predicted molar refractivity (Wildman–Crippen MR) is 72.1 cm³/mol. The molecule has 0 bridgehead atoms. The average Bonchev–Trinajstić information content (AvgIpc) is 2.28. The Morgan fingerprint density at radius 2 is 2.29 bits per heavy atom. The predicted octanol–water partition coefficient (Wildman–Crippen LogP) is 2.73. The molecular weight excluding hydrogens is 210 g/mol. The van der Waals surface area contributed by atoms with E-state index < -0.39 is 0 Å². The summed E-state index contributed by atoms with van der Waals surface area (Å²) in [6.07, 6.45) is 6.00. The highest BCUT2D eigenvalue weighted by Crippen LogP contribution is 2.30. The van der Waals surface area contributed by atoms with Gasteiger partial charge in [-0.25, -0.2) is 4.98 Å². The SMILES string of the molecule is CCN(CC1CCC1)c1ncccc1[C@H](C)N. The molecule has 2 N–H and O–H groups in total. The van der Waals surface area contributed by atoms with E-state index in [1.807, 2.05) is 19.2 Å². The molecule has 0 amide bonds. The highest BCUT2D eigenvalue weighted by atomic mass is 15.2. The third-order valence-electron chi connectivity index (χ3n) is 3.69. The Balaban J connectivity index is 2.16. The van der Waals surface area contributed by atoms with E-state index in [2.05, 4.69) is 22.9 Å². The lowest BCUT2D eigenvalue weighted by atomic mass is 9.85. The molecule has 3 heteroatoms. The zero-order valence-corrected chi connectivity index (χ0v) is 10.9. The number of hydrogen-bond donors (Lipinski definition) is 1.